The average molecular weight is 288 g/mol. The molecule has 9 nitrogen and oxygen atoms in total. The van der Waals surface area contributed by atoms with Gasteiger partial charge in [0.1, 0.15) is 12.7 Å². The molecule has 0 aromatic rings. The molecular formula is C9H12N4O5S. The molecule has 3 aliphatic heterocycles. The molecule has 10 heteroatoms. The van der Waals surface area contributed by atoms with Crippen LogP contribution in [0.5, 0.6) is 0 Å². The summed E-state index contributed by atoms with van der Waals surface area (Å²) in [5.74, 6) is 0. The summed E-state index contributed by atoms with van der Waals surface area (Å²) < 4.78 is 34.7. The number of carbonyl (C=O) groups excluding carboxylic acids is 1. The van der Waals surface area contributed by atoms with Crippen molar-refractivity contribution in [3.05, 3.63) is 11.3 Å². The predicted octanol–water partition coefficient (Wildman–Crippen LogP) is -0.932. The Kier molecular flexibility index (Phi) is 2.56. The van der Waals surface area contributed by atoms with Gasteiger partial charge in [0.25, 0.3) is 0 Å². The maximum atomic E-state index is 12.0. The number of likely N-dealkylation sites (N-methyl/N-ethyl adjacent to an activating group) is 1. The van der Waals surface area contributed by atoms with Crippen LogP contribution in [-0.4, -0.2) is 72.9 Å². The molecule has 3 aliphatic rings. The Labute approximate surface area is 109 Å². The number of rotatable bonds is 2. The van der Waals surface area contributed by atoms with Crippen molar-refractivity contribution in [3.8, 4) is 0 Å². The van der Waals surface area contributed by atoms with Gasteiger partial charge in [0.2, 0.25) is 0 Å². The molecule has 3 heterocycles. The molecule has 1 N–H and O–H groups in total. The molecule has 2 bridgehead atoms. The number of hydrogen-bond donors (Lipinski definition) is 1. The molecule has 104 valence electrons. The minimum absolute atomic E-state index is 0.313. The number of hydrogen-bond acceptors (Lipinski definition) is 6. The molecule has 0 aromatic heterocycles. The Hall–Kier alpha value is -1.65. The first-order valence-electron chi connectivity index (χ1n) is 5.56. The fourth-order valence-corrected chi connectivity index (χ4v) is 2.86. The minimum atomic E-state index is -4.73. The topological polar surface area (TPSA) is 103 Å². The maximum absolute atomic E-state index is 12.0. The van der Waals surface area contributed by atoms with Crippen LogP contribution in [0.3, 0.4) is 0 Å². The molecule has 19 heavy (non-hydrogen) atoms. The number of nitrogens with zero attached hydrogens (tertiary/aromatic N) is 4. The van der Waals surface area contributed by atoms with E-state index in [-0.39, 0.29) is 0 Å². The van der Waals surface area contributed by atoms with Crippen LogP contribution < -0.4 is 0 Å². The van der Waals surface area contributed by atoms with E-state index in [4.69, 9.17) is 4.55 Å². The van der Waals surface area contributed by atoms with Crippen molar-refractivity contribution < 1.29 is 22.0 Å². The molecular weight excluding hydrogens is 276 g/mol. The summed E-state index contributed by atoms with van der Waals surface area (Å²) in [7, 11) is -2.89. The second-order valence-corrected chi connectivity index (χ2v) is 5.56. The summed E-state index contributed by atoms with van der Waals surface area (Å²) in [6.45, 7) is 1.18. The van der Waals surface area contributed by atoms with Crippen LogP contribution in [-0.2, 0) is 14.7 Å². The van der Waals surface area contributed by atoms with Gasteiger partial charge in [0, 0.05) is 24.5 Å². The molecule has 1 fully saturated rings. The Balaban J connectivity index is 1.98. The standard InChI is InChI=1S/C9H12N4O5S/c1-11-5-10-2-6-7(11)3-12-4-8(6)13(9(12)14)18-19(15,16)17/h2,8H,3-5H2,1H3,(H,15,16,17). The minimum Gasteiger partial charge on any atom is -0.357 e. The highest BCUT2D eigenvalue weighted by Crippen LogP contribution is 2.32. The van der Waals surface area contributed by atoms with Gasteiger partial charge in [0.05, 0.1) is 13.1 Å². The molecule has 1 unspecified atom stereocenters. The van der Waals surface area contributed by atoms with E-state index < -0.39 is 22.5 Å². The maximum Gasteiger partial charge on any atom is 0.418 e. The van der Waals surface area contributed by atoms with E-state index in [0.717, 1.165) is 11.3 Å². The summed E-state index contributed by atoms with van der Waals surface area (Å²) in [5, 5.41) is 0.683. The number of urea groups is 1. The van der Waals surface area contributed by atoms with Gasteiger partial charge in [-0.1, -0.05) is 0 Å². The van der Waals surface area contributed by atoms with Crippen LogP contribution in [0.15, 0.2) is 16.3 Å². The Morgan fingerprint density at radius 1 is 1.53 bits per heavy atom. The van der Waals surface area contributed by atoms with Crippen molar-refractivity contribution in [3.63, 3.8) is 0 Å². The summed E-state index contributed by atoms with van der Waals surface area (Å²) in [4.78, 5) is 19.5. The monoisotopic (exact) mass is 288 g/mol. The van der Waals surface area contributed by atoms with Crippen LogP contribution in [0.1, 0.15) is 0 Å². The lowest BCUT2D eigenvalue weighted by Gasteiger charge is -2.33. The van der Waals surface area contributed by atoms with Gasteiger partial charge in [-0.05, 0) is 0 Å². The SMILES string of the molecule is CN1CN=CC2=C1CN1CC2N(OS(=O)(=O)O)C1=O. The van der Waals surface area contributed by atoms with Crippen LogP contribution >= 0.6 is 0 Å². The van der Waals surface area contributed by atoms with Crippen molar-refractivity contribution in [1.82, 2.24) is 14.9 Å². The zero-order valence-corrected chi connectivity index (χ0v) is 10.9. The van der Waals surface area contributed by atoms with Gasteiger partial charge < -0.3 is 9.80 Å². The second kappa shape index (κ2) is 3.92. The molecule has 0 radical (unpaired) electrons. The van der Waals surface area contributed by atoms with Gasteiger partial charge in [0.15, 0.2) is 0 Å². The largest absolute Gasteiger partial charge is 0.418 e. The predicted molar refractivity (Wildman–Crippen MR) is 63.4 cm³/mol. The van der Waals surface area contributed by atoms with E-state index >= 15 is 0 Å². The van der Waals surface area contributed by atoms with Crippen LogP contribution in [0.2, 0.25) is 0 Å². The number of aliphatic imine (C=N–C) groups is 1. The zero-order valence-electron chi connectivity index (χ0n) is 10.1. The van der Waals surface area contributed by atoms with Gasteiger partial charge >= 0.3 is 16.4 Å². The molecule has 0 aromatic carbocycles. The summed E-state index contributed by atoms with van der Waals surface area (Å²) in [5.41, 5.74) is 1.64. The highest BCUT2D eigenvalue weighted by atomic mass is 32.3. The summed E-state index contributed by atoms with van der Waals surface area (Å²) in [6.07, 6.45) is 1.62. The number of amides is 2. The lowest BCUT2D eigenvalue weighted by Crippen LogP contribution is -2.41. The van der Waals surface area contributed by atoms with E-state index in [9.17, 15) is 13.2 Å². The highest BCUT2D eigenvalue weighted by Gasteiger charge is 2.47. The van der Waals surface area contributed by atoms with Crippen molar-refractivity contribution in [2.24, 2.45) is 4.99 Å². The normalized spacial score (nSPS) is 26.3. The Morgan fingerprint density at radius 3 is 2.95 bits per heavy atom. The number of fused-ring (bicyclic) bond motifs is 3. The van der Waals surface area contributed by atoms with Crippen LogP contribution in [0, 0.1) is 0 Å². The molecule has 1 atom stereocenters. The second-order valence-electron chi connectivity index (χ2n) is 4.56. The first-order valence-corrected chi connectivity index (χ1v) is 6.92. The average Bonchev–Trinajstić information content (AvgIpc) is 2.55. The summed E-state index contributed by atoms with van der Waals surface area (Å²) in [6, 6.07) is -1.16. The zero-order chi connectivity index (χ0) is 13.8. The van der Waals surface area contributed by atoms with Crippen molar-refractivity contribution in [2.45, 2.75) is 6.04 Å². The number of carbonyl (C=O) groups is 1. The number of hydroxylamine groups is 2. The first-order chi connectivity index (χ1) is 8.87. The summed E-state index contributed by atoms with van der Waals surface area (Å²) >= 11 is 0. The van der Waals surface area contributed by atoms with Gasteiger partial charge in [-0.25, -0.2) is 4.79 Å². The van der Waals surface area contributed by atoms with E-state index in [1.165, 1.54) is 4.90 Å². The van der Waals surface area contributed by atoms with Crippen LogP contribution in [0.4, 0.5) is 4.79 Å². The van der Waals surface area contributed by atoms with Crippen LogP contribution in [0.25, 0.3) is 0 Å². The molecule has 0 spiro atoms. The molecule has 3 rings (SSSR count). The lowest BCUT2D eigenvalue weighted by atomic mass is 10.0. The highest BCUT2D eigenvalue weighted by molar-refractivity contribution is 7.80. The van der Waals surface area contributed by atoms with Gasteiger partial charge in [-0.15, -0.1) is 4.28 Å². The first kappa shape index (κ1) is 12.4. The fourth-order valence-electron chi connectivity index (χ4n) is 2.49. The van der Waals surface area contributed by atoms with Crippen molar-refractivity contribution in [2.75, 3.05) is 26.8 Å². The molecule has 0 saturated carbocycles. The van der Waals surface area contributed by atoms with E-state index in [0.29, 0.717) is 24.8 Å². The van der Waals surface area contributed by atoms with Gasteiger partial charge in [-0.3, -0.25) is 9.55 Å². The van der Waals surface area contributed by atoms with Crippen molar-refractivity contribution in [1.29, 1.82) is 0 Å². The third-order valence-electron chi connectivity index (χ3n) is 3.33. The van der Waals surface area contributed by atoms with E-state index in [1.54, 1.807) is 6.21 Å². The molecule has 2 amide bonds. The van der Waals surface area contributed by atoms with E-state index in [1.807, 2.05) is 11.9 Å². The van der Waals surface area contributed by atoms with Gasteiger partial charge in [-0.2, -0.15) is 13.5 Å². The third-order valence-corrected chi connectivity index (χ3v) is 3.68. The Morgan fingerprint density at radius 2 is 2.26 bits per heavy atom. The third kappa shape index (κ3) is 1.97. The lowest BCUT2D eigenvalue weighted by molar-refractivity contribution is -0.0199. The molecule has 0 aliphatic carbocycles. The fraction of sp³-hybridized carbons (Fsp3) is 0.556. The van der Waals surface area contributed by atoms with Crippen molar-refractivity contribution >= 4 is 22.6 Å². The Bertz CT molecular complexity index is 598. The smallest absolute Gasteiger partial charge is 0.357 e. The molecule has 1 saturated heterocycles. The quantitative estimate of drug-likeness (QED) is 0.658. The van der Waals surface area contributed by atoms with E-state index in [2.05, 4.69) is 9.28 Å².